The number of aliphatic carboxylic acids is 1. The minimum absolute atomic E-state index is 0.0589. The van der Waals surface area contributed by atoms with E-state index in [4.69, 9.17) is 26.2 Å². The molecule has 4 nitrogen and oxygen atoms in total. The fourth-order valence-electron chi connectivity index (χ4n) is 2.24. The van der Waals surface area contributed by atoms with Gasteiger partial charge in [-0.15, -0.1) is 11.8 Å². The molecule has 0 saturated carbocycles. The summed E-state index contributed by atoms with van der Waals surface area (Å²) in [5, 5.41) is 8.27. The Morgan fingerprint density at radius 3 is 2.52 bits per heavy atom. The molecular weight excluding hydrogens is 429 g/mol. The van der Waals surface area contributed by atoms with Crippen LogP contribution in [0.4, 0.5) is 13.2 Å². The molecule has 9 heteroatoms. The van der Waals surface area contributed by atoms with Gasteiger partial charge in [-0.1, -0.05) is 18.2 Å². The first-order valence-electron chi connectivity index (χ1n) is 8.30. The van der Waals surface area contributed by atoms with Gasteiger partial charge in [0.1, 0.15) is 18.1 Å². The minimum atomic E-state index is -4.55. The van der Waals surface area contributed by atoms with Gasteiger partial charge in [-0.3, -0.25) is 0 Å². The van der Waals surface area contributed by atoms with Gasteiger partial charge < -0.3 is 14.6 Å². The van der Waals surface area contributed by atoms with Crippen molar-refractivity contribution < 1.29 is 32.5 Å². The number of carboxylic acid groups (broad SMARTS) is 1. The first-order valence-corrected chi connectivity index (χ1v) is 9.67. The summed E-state index contributed by atoms with van der Waals surface area (Å²) in [5.41, 5.74) is 0.527. The Kier molecular flexibility index (Phi) is 7.87. The highest BCUT2D eigenvalue weighted by Crippen LogP contribution is 2.36. The maximum absolute atomic E-state index is 12.9. The smallest absolute Gasteiger partial charge is 0.417 e. The van der Waals surface area contributed by atoms with Crippen LogP contribution in [0.2, 0.25) is 5.02 Å². The predicted molar refractivity (Wildman–Crippen MR) is 106 cm³/mol. The number of alkyl halides is 3. The van der Waals surface area contributed by atoms with E-state index in [1.165, 1.54) is 17.8 Å². The summed E-state index contributed by atoms with van der Waals surface area (Å²) in [6.07, 6.45) is -4.55. The van der Waals surface area contributed by atoms with E-state index in [-0.39, 0.29) is 17.4 Å². The molecule has 2 rings (SSSR count). The average Bonchev–Trinajstić information content (AvgIpc) is 2.63. The molecule has 0 bridgehead atoms. The third-order valence-corrected chi connectivity index (χ3v) is 5.10. The van der Waals surface area contributed by atoms with Crippen LogP contribution in [0.15, 0.2) is 53.4 Å². The van der Waals surface area contributed by atoms with E-state index in [1.807, 2.05) is 6.07 Å². The van der Waals surface area contributed by atoms with E-state index in [0.717, 1.165) is 22.6 Å². The molecule has 0 radical (unpaired) electrons. The van der Waals surface area contributed by atoms with Crippen molar-refractivity contribution in [1.29, 1.82) is 0 Å². The maximum Gasteiger partial charge on any atom is 0.417 e. The van der Waals surface area contributed by atoms with Crippen LogP contribution in [-0.2, 0) is 11.0 Å². The zero-order valence-corrected chi connectivity index (χ0v) is 17.0. The lowest BCUT2D eigenvalue weighted by atomic mass is 10.2. The van der Waals surface area contributed by atoms with E-state index < -0.39 is 24.3 Å². The Bertz CT molecular complexity index is 900. The molecule has 0 heterocycles. The van der Waals surface area contributed by atoms with Crippen molar-refractivity contribution in [3.05, 3.63) is 64.7 Å². The monoisotopic (exact) mass is 446 g/mol. The molecule has 0 saturated heterocycles. The quantitative estimate of drug-likeness (QED) is 0.386. The number of benzene rings is 2. The number of rotatable bonds is 9. The molecule has 0 atom stereocenters. The zero-order valence-electron chi connectivity index (χ0n) is 15.4. The molecule has 0 aliphatic carbocycles. The summed E-state index contributed by atoms with van der Waals surface area (Å²) >= 11 is 7.05. The number of thioether (sulfide) groups is 1. The largest absolute Gasteiger partial charge is 0.489 e. The Hall–Kier alpha value is -2.32. The number of carbonyl (C=O) groups is 1. The zero-order chi connectivity index (χ0) is 21.6. The lowest BCUT2D eigenvalue weighted by Crippen LogP contribution is -2.10. The molecule has 0 fully saturated rings. The van der Waals surface area contributed by atoms with E-state index in [9.17, 15) is 18.0 Å². The van der Waals surface area contributed by atoms with E-state index in [1.54, 1.807) is 19.1 Å². The van der Waals surface area contributed by atoms with Crippen molar-refractivity contribution in [2.45, 2.75) is 18.0 Å². The molecular formula is C20H18ClF3O4S. The number of halogens is 4. The fourth-order valence-corrected chi connectivity index (χ4v) is 3.34. The van der Waals surface area contributed by atoms with Crippen LogP contribution in [0.1, 0.15) is 11.1 Å². The van der Waals surface area contributed by atoms with Gasteiger partial charge in [0, 0.05) is 10.6 Å². The second-order valence-electron chi connectivity index (χ2n) is 6.08. The van der Waals surface area contributed by atoms with Crippen molar-refractivity contribution in [1.82, 2.24) is 0 Å². The average molecular weight is 447 g/mol. The predicted octanol–water partition coefficient (Wildman–Crippen LogP) is 5.86. The standard InChI is InChI=1S/C20H18ClF3O4S/c1-12(9-27-14-3-5-17(21)16(8-14)20(22,23)24)11-29-15-4-6-18(13(2)7-15)28-10-19(25)26/h3-8H,1,9-11H2,2H3,(H,25,26). The van der Waals surface area contributed by atoms with E-state index in [2.05, 4.69) is 6.58 Å². The minimum Gasteiger partial charge on any atom is -0.489 e. The molecule has 0 aliphatic heterocycles. The van der Waals surface area contributed by atoms with Crippen LogP contribution in [0.5, 0.6) is 11.5 Å². The summed E-state index contributed by atoms with van der Waals surface area (Å²) in [5.74, 6) is -0.0120. The van der Waals surface area contributed by atoms with Gasteiger partial charge in [0.15, 0.2) is 6.61 Å². The second-order valence-corrected chi connectivity index (χ2v) is 7.53. The molecule has 0 amide bonds. The Morgan fingerprint density at radius 2 is 1.90 bits per heavy atom. The molecule has 2 aromatic rings. The van der Waals surface area contributed by atoms with Crippen LogP contribution in [0.25, 0.3) is 0 Å². The van der Waals surface area contributed by atoms with Gasteiger partial charge in [0.05, 0.1) is 10.6 Å². The van der Waals surface area contributed by atoms with Crippen LogP contribution in [-0.4, -0.2) is 30.0 Å². The van der Waals surface area contributed by atoms with Gasteiger partial charge in [-0.25, -0.2) is 4.79 Å². The lowest BCUT2D eigenvalue weighted by Gasteiger charge is -2.13. The van der Waals surface area contributed by atoms with Crippen molar-refractivity contribution >= 4 is 29.3 Å². The van der Waals surface area contributed by atoms with Crippen molar-refractivity contribution in [3.8, 4) is 11.5 Å². The third-order valence-electron chi connectivity index (χ3n) is 3.63. The number of hydrogen-bond acceptors (Lipinski definition) is 4. The second kappa shape index (κ2) is 9.93. The van der Waals surface area contributed by atoms with Crippen molar-refractivity contribution in [2.75, 3.05) is 19.0 Å². The fraction of sp³-hybridized carbons (Fsp3) is 0.250. The molecule has 0 spiro atoms. The van der Waals surface area contributed by atoms with Crippen LogP contribution in [0, 0.1) is 6.92 Å². The van der Waals surface area contributed by atoms with E-state index >= 15 is 0 Å². The maximum atomic E-state index is 12.9. The van der Waals surface area contributed by atoms with Gasteiger partial charge >= 0.3 is 12.1 Å². The van der Waals surface area contributed by atoms with E-state index in [0.29, 0.717) is 17.1 Å². The number of hydrogen-bond donors (Lipinski definition) is 1. The SMILES string of the molecule is C=C(COc1ccc(Cl)c(C(F)(F)F)c1)CSc1ccc(OCC(=O)O)c(C)c1. The topological polar surface area (TPSA) is 55.8 Å². The van der Waals surface area contributed by atoms with Crippen LogP contribution in [0.3, 0.4) is 0 Å². The van der Waals surface area contributed by atoms with Gasteiger partial charge in [-0.2, -0.15) is 13.2 Å². The summed E-state index contributed by atoms with van der Waals surface area (Å²) in [7, 11) is 0. The first-order chi connectivity index (χ1) is 13.6. The highest BCUT2D eigenvalue weighted by atomic mass is 35.5. The summed E-state index contributed by atoms with van der Waals surface area (Å²) in [4.78, 5) is 11.5. The molecule has 1 N–H and O–H groups in total. The highest BCUT2D eigenvalue weighted by molar-refractivity contribution is 7.99. The Balaban J connectivity index is 1.87. The summed E-state index contributed by atoms with van der Waals surface area (Å²) in [6.45, 7) is 5.33. The van der Waals surface area contributed by atoms with Gasteiger partial charge in [-0.05, 0) is 54.5 Å². The van der Waals surface area contributed by atoms with Crippen LogP contribution >= 0.6 is 23.4 Å². The van der Waals surface area contributed by atoms with Crippen molar-refractivity contribution in [2.24, 2.45) is 0 Å². The van der Waals surface area contributed by atoms with Crippen molar-refractivity contribution in [3.63, 3.8) is 0 Å². The summed E-state index contributed by atoms with van der Waals surface area (Å²) < 4.78 is 49.2. The molecule has 2 aromatic carbocycles. The molecule has 0 aliphatic rings. The first kappa shape index (κ1) is 23.0. The molecule has 156 valence electrons. The summed E-state index contributed by atoms with van der Waals surface area (Å²) in [6, 6.07) is 8.71. The Labute approximate surface area is 175 Å². The van der Waals surface area contributed by atoms with Gasteiger partial charge in [0.25, 0.3) is 0 Å². The van der Waals surface area contributed by atoms with Gasteiger partial charge in [0.2, 0.25) is 0 Å². The molecule has 0 aromatic heterocycles. The lowest BCUT2D eigenvalue weighted by molar-refractivity contribution is -0.139. The van der Waals surface area contributed by atoms with Crippen LogP contribution < -0.4 is 9.47 Å². The number of ether oxygens (including phenoxy) is 2. The third kappa shape index (κ3) is 7.21. The highest BCUT2D eigenvalue weighted by Gasteiger charge is 2.33. The Morgan fingerprint density at radius 1 is 1.17 bits per heavy atom. The molecule has 29 heavy (non-hydrogen) atoms. The normalized spacial score (nSPS) is 11.2. The number of carboxylic acids is 1. The molecule has 0 unspecified atom stereocenters. The number of aryl methyl sites for hydroxylation is 1.